The molecule has 17 heavy (non-hydrogen) atoms. The minimum Gasteiger partial charge on any atom is -0.462 e. The number of cyclic esters (lactones) is 1. The van der Waals surface area contributed by atoms with Crippen LogP contribution in [0.2, 0.25) is 0 Å². The smallest absolute Gasteiger partial charge is 0.335 e. The minimum atomic E-state index is -0.205. The van der Waals surface area contributed by atoms with Crippen molar-refractivity contribution in [2.45, 2.75) is 6.42 Å². The lowest BCUT2D eigenvalue weighted by Gasteiger charge is -2.22. The number of rotatable bonds is 3. The fourth-order valence-electron chi connectivity index (χ4n) is 1.94. The predicted octanol–water partition coefficient (Wildman–Crippen LogP) is 1.34. The summed E-state index contributed by atoms with van der Waals surface area (Å²) in [4.78, 5) is 17.9. The second-order valence-electron chi connectivity index (χ2n) is 4.32. The first-order chi connectivity index (χ1) is 8.18. The van der Waals surface area contributed by atoms with Crippen molar-refractivity contribution < 1.29 is 9.53 Å². The third-order valence-electron chi connectivity index (χ3n) is 2.68. The molecule has 4 heteroatoms. The number of hydrogen-bond acceptors (Lipinski definition) is 4. The van der Waals surface area contributed by atoms with E-state index in [0.29, 0.717) is 13.2 Å². The van der Waals surface area contributed by atoms with Crippen LogP contribution in [0, 0.1) is 0 Å². The molecular weight excluding hydrogens is 216 g/mol. The van der Waals surface area contributed by atoms with E-state index in [2.05, 4.69) is 4.98 Å². The van der Waals surface area contributed by atoms with Gasteiger partial charge in [-0.1, -0.05) is 6.07 Å². The molecule has 4 nitrogen and oxygen atoms in total. The Morgan fingerprint density at radius 1 is 1.47 bits per heavy atom. The van der Waals surface area contributed by atoms with Crippen molar-refractivity contribution in [2.75, 3.05) is 27.2 Å². The molecular formula is C13H16N2O2. The average Bonchev–Trinajstić information content (AvgIpc) is 2.32. The molecule has 0 atom stereocenters. The van der Waals surface area contributed by atoms with Crippen LogP contribution in [0.3, 0.4) is 0 Å². The zero-order valence-corrected chi connectivity index (χ0v) is 10.1. The number of aromatic nitrogens is 1. The number of ether oxygens (including phenoxy) is 1. The van der Waals surface area contributed by atoms with E-state index in [1.807, 2.05) is 31.1 Å². The van der Waals surface area contributed by atoms with Crippen LogP contribution in [0.5, 0.6) is 0 Å². The second kappa shape index (κ2) is 5.10. The maximum atomic E-state index is 11.8. The van der Waals surface area contributed by atoms with Crippen LogP contribution in [0.4, 0.5) is 0 Å². The number of nitrogens with zero attached hydrogens (tertiary/aromatic N) is 2. The van der Waals surface area contributed by atoms with Gasteiger partial charge in [0, 0.05) is 25.4 Å². The number of hydrogen-bond donors (Lipinski definition) is 0. The van der Waals surface area contributed by atoms with Crippen molar-refractivity contribution in [3.8, 4) is 0 Å². The Kier molecular flexibility index (Phi) is 3.54. The summed E-state index contributed by atoms with van der Waals surface area (Å²) < 4.78 is 5.10. The number of pyridine rings is 1. The summed E-state index contributed by atoms with van der Waals surface area (Å²) in [5, 5.41) is 0. The average molecular weight is 232 g/mol. The Bertz CT molecular complexity index is 438. The number of carbonyl (C=O) groups is 1. The van der Waals surface area contributed by atoms with Gasteiger partial charge in [0.2, 0.25) is 0 Å². The molecule has 0 aromatic carbocycles. The summed E-state index contributed by atoms with van der Waals surface area (Å²) in [6.45, 7) is 1.06. The second-order valence-corrected chi connectivity index (χ2v) is 4.32. The van der Waals surface area contributed by atoms with E-state index in [-0.39, 0.29) is 5.97 Å². The van der Waals surface area contributed by atoms with Gasteiger partial charge in [0.05, 0.1) is 12.2 Å². The zero-order chi connectivity index (χ0) is 12.3. The molecule has 1 aliphatic heterocycles. The Labute approximate surface area is 101 Å². The van der Waals surface area contributed by atoms with Gasteiger partial charge in [-0.2, -0.15) is 0 Å². The van der Waals surface area contributed by atoms with E-state index in [0.717, 1.165) is 23.1 Å². The number of likely N-dealkylation sites (N-methyl/N-ethyl adjacent to an activating group) is 1. The van der Waals surface area contributed by atoms with Gasteiger partial charge < -0.3 is 9.64 Å². The SMILES string of the molecule is CN(C)CC1=C(c2cccnc2)CCOC1=O. The molecule has 0 saturated heterocycles. The lowest BCUT2D eigenvalue weighted by Crippen LogP contribution is -2.26. The van der Waals surface area contributed by atoms with E-state index >= 15 is 0 Å². The first-order valence-electron chi connectivity index (χ1n) is 5.63. The van der Waals surface area contributed by atoms with Crippen molar-refractivity contribution in [1.29, 1.82) is 0 Å². The molecule has 1 aliphatic rings. The number of carbonyl (C=O) groups excluding carboxylic acids is 1. The molecule has 0 fully saturated rings. The van der Waals surface area contributed by atoms with E-state index in [1.165, 1.54) is 0 Å². The van der Waals surface area contributed by atoms with Gasteiger partial charge in [-0.25, -0.2) is 4.79 Å². The minimum absolute atomic E-state index is 0.205. The highest BCUT2D eigenvalue weighted by Gasteiger charge is 2.23. The highest BCUT2D eigenvalue weighted by Crippen LogP contribution is 2.26. The zero-order valence-electron chi connectivity index (χ0n) is 10.1. The van der Waals surface area contributed by atoms with Gasteiger partial charge in [0.1, 0.15) is 0 Å². The number of esters is 1. The van der Waals surface area contributed by atoms with Gasteiger partial charge in [0.15, 0.2) is 0 Å². The quantitative estimate of drug-likeness (QED) is 0.738. The summed E-state index contributed by atoms with van der Waals surface area (Å²) in [6.07, 6.45) is 4.29. The van der Waals surface area contributed by atoms with Gasteiger partial charge in [-0.3, -0.25) is 4.98 Å². The molecule has 0 amide bonds. The van der Waals surface area contributed by atoms with E-state index in [9.17, 15) is 4.79 Å². The van der Waals surface area contributed by atoms with Gasteiger partial charge in [-0.05, 0) is 31.3 Å². The lowest BCUT2D eigenvalue weighted by atomic mass is 9.96. The molecule has 0 spiro atoms. The van der Waals surface area contributed by atoms with Gasteiger partial charge in [-0.15, -0.1) is 0 Å². The Balaban J connectivity index is 2.41. The highest BCUT2D eigenvalue weighted by molar-refractivity contribution is 5.99. The molecule has 90 valence electrons. The maximum Gasteiger partial charge on any atom is 0.335 e. The molecule has 0 aliphatic carbocycles. The molecule has 0 saturated carbocycles. The Morgan fingerprint density at radius 3 is 2.94 bits per heavy atom. The fourth-order valence-corrected chi connectivity index (χ4v) is 1.94. The molecule has 0 radical (unpaired) electrons. The third-order valence-corrected chi connectivity index (χ3v) is 2.68. The van der Waals surface area contributed by atoms with Crippen LogP contribution >= 0.6 is 0 Å². The standard InChI is InChI=1S/C13H16N2O2/c1-15(2)9-12-11(5-7-17-13(12)16)10-4-3-6-14-8-10/h3-4,6,8H,5,7,9H2,1-2H3. The molecule has 0 N–H and O–H groups in total. The summed E-state index contributed by atoms with van der Waals surface area (Å²) in [6, 6.07) is 3.87. The molecule has 2 rings (SSSR count). The van der Waals surface area contributed by atoms with Crippen molar-refractivity contribution in [3.05, 3.63) is 35.7 Å². The normalized spacial score (nSPS) is 16.3. The predicted molar refractivity (Wildman–Crippen MR) is 65.3 cm³/mol. The first-order valence-corrected chi connectivity index (χ1v) is 5.63. The lowest BCUT2D eigenvalue weighted by molar-refractivity contribution is -0.139. The molecule has 1 aromatic heterocycles. The van der Waals surface area contributed by atoms with E-state index in [1.54, 1.807) is 12.4 Å². The van der Waals surface area contributed by atoms with Crippen LogP contribution in [0.1, 0.15) is 12.0 Å². The largest absolute Gasteiger partial charge is 0.462 e. The van der Waals surface area contributed by atoms with E-state index < -0.39 is 0 Å². The van der Waals surface area contributed by atoms with E-state index in [4.69, 9.17) is 4.74 Å². The van der Waals surface area contributed by atoms with Crippen molar-refractivity contribution in [3.63, 3.8) is 0 Å². The summed E-state index contributed by atoms with van der Waals surface area (Å²) in [5.74, 6) is -0.205. The van der Waals surface area contributed by atoms with Crippen LogP contribution in [0.25, 0.3) is 5.57 Å². The summed E-state index contributed by atoms with van der Waals surface area (Å²) in [7, 11) is 3.88. The summed E-state index contributed by atoms with van der Waals surface area (Å²) in [5.41, 5.74) is 2.82. The van der Waals surface area contributed by atoms with Crippen molar-refractivity contribution in [2.24, 2.45) is 0 Å². The molecule has 1 aromatic rings. The summed E-state index contributed by atoms with van der Waals surface area (Å²) >= 11 is 0. The molecule has 0 unspecified atom stereocenters. The van der Waals surface area contributed by atoms with Crippen LogP contribution < -0.4 is 0 Å². The molecule has 0 bridgehead atoms. The Morgan fingerprint density at radius 2 is 2.29 bits per heavy atom. The maximum absolute atomic E-state index is 11.8. The fraction of sp³-hybridized carbons (Fsp3) is 0.385. The van der Waals surface area contributed by atoms with Crippen LogP contribution in [-0.2, 0) is 9.53 Å². The first kappa shape index (κ1) is 11.8. The molecule has 2 heterocycles. The van der Waals surface area contributed by atoms with Gasteiger partial charge in [0.25, 0.3) is 0 Å². The van der Waals surface area contributed by atoms with Gasteiger partial charge >= 0.3 is 5.97 Å². The van der Waals surface area contributed by atoms with Crippen LogP contribution in [-0.4, -0.2) is 43.1 Å². The van der Waals surface area contributed by atoms with Crippen molar-refractivity contribution in [1.82, 2.24) is 9.88 Å². The highest BCUT2D eigenvalue weighted by atomic mass is 16.5. The van der Waals surface area contributed by atoms with Crippen molar-refractivity contribution >= 4 is 11.5 Å². The third kappa shape index (κ3) is 2.71. The van der Waals surface area contributed by atoms with Crippen LogP contribution in [0.15, 0.2) is 30.1 Å². The monoisotopic (exact) mass is 232 g/mol. The Hall–Kier alpha value is -1.68. The topological polar surface area (TPSA) is 42.4 Å².